The molecular formula is C20H26N4O5S. The number of piperazine rings is 1. The van der Waals surface area contributed by atoms with E-state index in [1.165, 1.54) is 28.6 Å². The zero-order chi connectivity index (χ0) is 21.3. The van der Waals surface area contributed by atoms with E-state index in [1.54, 1.807) is 6.92 Å². The minimum absolute atomic E-state index is 0.0567. The summed E-state index contributed by atoms with van der Waals surface area (Å²) in [4.78, 5) is 18.6. The third kappa shape index (κ3) is 4.26. The van der Waals surface area contributed by atoms with Gasteiger partial charge in [0.2, 0.25) is 15.9 Å². The van der Waals surface area contributed by atoms with E-state index >= 15 is 0 Å². The Hall–Kier alpha value is -2.30. The van der Waals surface area contributed by atoms with Gasteiger partial charge in [0.05, 0.1) is 23.1 Å². The normalized spacial score (nSPS) is 19.5. The lowest BCUT2D eigenvalue weighted by Gasteiger charge is -2.36. The smallest absolute Gasteiger partial charge is 0.338 e. The lowest BCUT2D eigenvalue weighted by atomic mass is 10.2. The highest BCUT2D eigenvalue weighted by atomic mass is 32.2. The topological polar surface area (TPSA) is 106 Å². The predicted molar refractivity (Wildman–Crippen MR) is 107 cm³/mol. The van der Waals surface area contributed by atoms with Crippen LogP contribution >= 0.6 is 0 Å². The van der Waals surface area contributed by atoms with Crippen molar-refractivity contribution in [3.63, 3.8) is 0 Å². The van der Waals surface area contributed by atoms with Gasteiger partial charge in [-0.1, -0.05) is 5.16 Å². The lowest BCUT2D eigenvalue weighted by Crippen LogP contribution is -2.49. The van der Waals surface area contributed by atoms with Gasteiger partial charge in [0.1, 0.15) is 0 Å². The van der Waals surface area contributed by atoms with Crippen LogP contribution in [0.2, 0.25) is 0 Å². The molecule has 2 heterocycles. The van der Waals surface area contributed by atoms with Crippen molar-refractivity contribution < 1.29 is 22.5 Å². The molecule has 2 aliphatic rings. The van der Waals surface area contributed by atoms with Crippen molar-refractivity contribution in [1.29, 1.82) is 0 Å². The minimum Gasteiger partial charge on any atom is -0.462 e. The zero-order valence-electron chi connectivity index (χ0n) is 17.2. The van der Waals surface area contributed by atoms with Crippen LogP contribution in [-0.4, -0.2) is 66.5 Å². The maximum absolute atomic E-state index is 13.0. The SMILES string of the molecule is CCOC(=O)c1ccc(S(=O)(=O)N2CCN(C(C)c3nc(C4CC4)no3)CC2)cc1. The largest absolute Gasteiger partial charge is 0.462 e. The van der Waals surface area contributed by atoms with Crippen LogP contribution in [0.15, 0.2) is 33.7 Å². The highest BCUT2D eigenvalue weighted by molar-refractivity contribution is 7.89. The Kier molecular flexibility index (Phi) is 5.90. The average molecular weight is 435 g/mol. The number of aromatic nitrogens is 2. The first-order valence-electron chi connectivity index (χ1n) is 10.2. The summed E-state index contributed by atoms with van der Waals surface area (Å²) in [7, 11) is -3.63. The van der Waals surface area contributed by atoms with Crippen molar-refractivity contribution in [2.45, 2.75) is 43.5 Å². The van der Waals surface area contributed by atoms with Crippen molar-refractivity contribution in [2.24, 2.45) is 0 Å². The second-order valence-corrected chi connectivity index (χ2v) is 9.56. The summed E-state index contributed by atoms with van der Waals surface area (Å²) in [5.74, 6) is 1.34. The molecule has 1 aliphatic heterocycles. The molecule has 0 N–H and O–H groups in total. The highest BCUT2D eigenvalue weighted by Gasteiger charge is 2.34. The first-order chi connectivity index (χ1) is 14.4. The molecule has 1 aromatic carbocycles. The number of sulfonamides is 1. The first kappa shape index (κ1) is 21.0. The number of rotatable bonds is 7. The molecular weight excluding hydrogens is 408 g/mol. The number of nitrogens with zero attached hydrogens (tertiary/aromatic N) is 4. The van der Waals surface area contributed by atoms with Crippen LogP contribution in [0.3, 0.4) is 0 Å². The Labute approximate surface area is 176 Å². The van der Waals surface area contributed by atoms with Gasteiger partial charge in [-0.15, -0.1) is 0 Å². The van der Waals surface area contributed by atoms with Crippen molar-refractivity contribution in [3.05, 3.63) is 41.5 Å². The zero-order valence-corrected chi connectivity index (χ0v) is 18.0. The molecule has 1 aliphatic carbocycles. The fourth-order valence-corrected chi connectivity index (χ4v) is 4.96. The van der Waals surface area contributed by atoms with E-state index in [4.69, 9.17) is 9.26 Å². The molecule has 2 fully saturated rings. The fourth-order valence-electron chi connectivity index (χ4n) is 3.54. The van der Waals surface area contributed by atoms with Gasteiger partial charge in [0.15, 0.2) is 5.82 Å². The second-order valence-electron chi connectivity index (χ2n) is 7.63. The monoisotopic (exact) mass is 434 g/mol. The van der Waals surface area contributed by atoms with Crippen LogP contribution in [0, 0.1) is 0 Å². The summed E-state index contributed by atoms with van der Waals surface area (Å²) < 4.78 is 37.8. The summed E-state index contributed by atoms with van der Waals surface area (Å²) in [6, 6.07) is 5.81. The predicted octanol–water partition coefficient (Wildman–Crippen LogP) is 2.19. The van der Waals surface area contributed by atoms with E-state index in [0.717, 1.165) is 18.7 Å². The number of carbonyl (C=O) groups excluding carboxylic acids is 1. The number of hydrogen-bond donors (Lipinski definition) is 0. The molecule has 0 bridgehead atoms. The third-order valence-electron chi connectivity index (χ3n) is 5.58. The molecule has 0 radical (unpaired) electrons. The summed E-state index contributed by atoms with van der Waals surface area (Å²) >= 11 is 0. The number of ether oxygens (including phenoxy) is 1. The highest BCUT2D eigenvalue weighted by Crippen LogP contribution is 2.38. The number of carbonyl (C=O) groups is 1. The van der Waals surface area contributed by atoms with Gasteiger partial charge in [0, 0.05) is 32.1 Å². The molecule has 4 rings (SSSR count). The maximum atomic E-state index is 13.0. The fraction of sp³-hybridized carbons (Fsp3) is 0.550. The van der Waals surface area contributed by atoms with Gasteiger partial charge in [0.25, 0.3) is 0 Å². The van der Waals surface area contributed by atoms with Crippen molar-refractivity contribution in [1.82, 2.24) is 19.3 Å². The van der Waals surface area contributed by atoms with E-state index in [1.807, 2.05) is 6.92 Å². The number of hydrogen-bond acceptors (Lipinski definition) is 8. The Morgan fingerprint density at radius 3 is 2.47 bits per heavy atom. The molecule has 162 valence electrons. The van der Waals surface area contributed by atoms with Crippen LogP contribution < -0.4 is 0 Å². The Morgan fingerprint density at radius 1 is 1.20 bits per heavy atom. The quantitative estimate of drug-likeness (QED) is 0.611. The van der Waals surface area contributed by atoms with Crippen molar-refractivity contribution in [3.8, 4) is 0 Å². The molecule has 2 aromatic rings. The van der Waals surface area contributed by atoms with Crippen LogP contribution in [0.25, 0.3) is 0 Å². The van der Waals surface area contributed by atoms with Gasteiger partial charge >= 0.3 is 5.97 Å². The van der Waals surface area contributed by atoms with E-state index in [9.17, 15) is 13.2 Å². The van der Waals surface area contributed by atoms with E-state index in [-0.39, 0.29) is 17.5 Å². The van der Waals surface area contributed by atoms with Gasteiger partial charge < -0.3 is 9.26 Å². The minimum atomic E-state index is -3.63. The molecule has 1 aromatic heterocycles. The number of esters is 1. The molecule has 10 heteroatoms. The van der Waals surface area contributed by atoms with Gasteiger partial charge in [-0.3, -0.25) is 4.90 Å². The summed E-state index contributed by atoms with van der Waals surface area (Å²) in [5, 5.41) is 4.07. The van der Waals surface area contributed by atoms with Crippen LogP contribution in [0.1, 0.15) is 60.7 Å². The summed E-state index contributed by atoms with van der Waals surface area (Å²) in [5.41, 5.74) is 0.333. The molecule has 1 saturated carbocycles. The third-order valence-corrected chi connectivity index (χ3v) is 7.49. The van der Waals surface area contributed by atoms with Crippen LogP contribution in [-0.2, 0) is 14.8 Å². The Bertz CT molecular complexity index is 992. The molecule has 1 saturated heterocycles. The van der Waals surface area contributed by atoms with E-state index in [0.29, 0.717) is 43.6 Å². The number of benzene rings is 1. The molecule has 9 nitrogen and oxygen atoms in total. The van der Waals surface area contributed by atoms with E-state index in [2.05, 4.69) is 15.0 Å². The van der Waals surface area contributed by atoms with Gasteiger partial charge in [-0.2, -0.15) is 9.29 Å². The van der Waals surface area contributed by atoms with Crippen LogP contribution in [0.4, 0.5) is 0 Å². The second kappa shape index (κ2) is 8.44. The summed E-state index contributed by atoms with van der Waals surface area (Å²) in [6.07, 6.45) is 2.23. The Morgan fingerprint density at radius 2 is 1.87 bits per heavy atom. The van der Waals surface area contributed by atoms with Crippen LogP contribution in [0.5, 0.6) is 0 Å². The molecule has 0 amide bonds. The molecule has 30 heavy (non-hydrogen) atoms. The van der Waals surface area contributed by atoms with E-state index < -0.39 is 16.0 Å². The Balaban J connectivity index is 1.38. The lowest BCUT2D eigenvalue weighted by molar-refractivity contribution is 0.0526. The molecule has 1 atom stereocenters. The maximum Gasteiger partial charge on any atom is 0.338 e. The average Bonchev–Trinajstić information content (AvgIpc) is 3.50. The van der Waals surface area contributed by atoms with Gasteiger partial charge in [-0.05, 0) is 51.0 Å². The van der Waals surface area contributed by atoms with Crippen molar-refractivity contribution in [2.75, 3.05) is 32.8 Å². The summed E-state index contributed by atoms with van der Waals surface area (Å²) in [6.45, 7) is 5.88. The van der Waals surface area contributed by atoms with Crippen molar-refractivity contribution >= 4 is 16.0 Å². The molecule has 0 spiro atoms. The first-order valence-corrected chi connectivity index (χ1v) is 11.7. The molecule has 1 unspecified atom stereocenters. The van der Waals surface area contributed by atoms with Gasteiger partial charge in [-0.25, -0.2) is 13.2 Å². The standard InChI is InChI=1S/C20H26N4O5S/c1-3-28-20(25)16-6-8-17(9-7-16)30(26,27)24-12-10-23(11-13-24)14(2)19-21-18(22-29-19)15-4-5-15/h6-9,14-15H,3-5,10-13H2,1-2H3.